The van der Waals surface area contributed by atoms with E-state index < -0.39 is 22.0 Å². The van der Waals surface area contributed by atoms with Crippen LogP contribution in [0.4, 0.5) is 11.4 Å². The lowest BCUT2D eigenvalue weighted by atomic mass is 10.1. The normalized spacial score (nSPS) is 15.8. The number of amides is 2. The van der Waals surface area contributed by atoms with Crippen LogP contribution in [0, 0.1) is 20.8 Å². The smallest absolute Gasteiger partial charge is 0.265 e. The van der Waals surface area contributed by atoms with Gasteiger partial charge in [-0.2, -0.15) is 4.31 Å². The van der Waals surface area contributed by atoms with E-state index in [4.69, 9.17) is 4.74 Å². The Balaban J connectivity index is 1.80. The third-order valence-electron chi connectivity index (χ3n) is 5.18. The molecule has 3 rings (SSSR count). The van der Waals surface area contributed by atoms with Crippen LogP contribution in [-0.2, 0) is 19.6 Å². The summed E-state index contributed by atoms with van der Waals surface area (Å²) in [6.45, 7) is 6.93. The fourth-order valence-corrected chi connectivity index (χ4v) is 4.77. The van der Waals surface area contributed by atoms with Gasteiger partial charge < -0.3 is 15.4 Å². The predicted octanol–water partition coefficient (Wildman–Crippen LogP) is 2.98. The van der Waals surface area contributed by atoms with Crippen molar-refractivity contribution in [1.29, 1.82) is 0 Å². The number of likely N-dealkylation sites (N-methyl/N-ethyl adjacent to an activating group) is 1. The molecule has 1 atom stereocenters. The molecular formula is C22H27N3O5S. The molecule has 0 radical (unpaired) electrons. The summed E-state index contributed by atoms with van der Waals surface area (Å²) in [6.07, 6.45) is -0.216. The molecule has 2 N–H and O–H groups in total. The van der Waals surface area contributed by atoms with E-state index in [0.717, 1.165) is 15.4 Å². The molecule has 0 unspecified atom stereocenters. The van der Waals surface area contributed by atoms with Crippen LogP contribution < -0.4 is 15.4 Å². The first-order valence-corrected chi connectivity index (χ1v) is 11.4. The summed E-state index contributed by atoms with van der Waals surface area (Å²) in [5, 5.41) is 5.50. The molecule has 1 aliphatic rings. The van der Waals surface area contributed by atoms with E-state index in [1.807, 2.05) is 32.9 Å². The molecule has 2 aromatic rings. The molecule has 0 spiro atoms. The monoisotopic (exact) mass is 445 g/mol. The number of fused-ring (bicyclic) bond motifs is 1. The quantitative estimate of drug-likeness (QED) is 0.711. The van der Waals surface area contributed by atoms with Crippen LogP contribution in [0.3, 0.4) is 0 Å². The number of rotatable bonds is 6. The van der Waals surface area contributed by atoms with E-state index in [1.54, 1.807) is 19.1 Å². The van der Waals surface area contributed by atoms with Crippen molar-refractivity contribution in [3.63, 3.8) is 0 Å². The zero-order valence-corrected chi connectivity index (χ0v) is 19.1. The van der Waals surface area contributed by atoms with Gasteiger partial charge in [-0.05, 0) is 50.5 Å². The lowest BCUT2D eigenvalue weighted by Gasteiger charge is -2.27. The molecule has 2 amide bonds. The number of nitrogens with zero attached hydrogens (tertiary/aromatic N) is 1. The number of carbonyl (C=O) groups is 2. The fraction of sp³-hybridized carbons (Fsp3) is 0.364. The van der Waals surface area contributed by atoms with E-state index in [0.29, 0.717) is 29.1 Å². The minimum Gasteiger partial charge on any atom is -0.478 e. The molecule has 0 aromatic heterocycles. The largest absolute Gasteiger partial charge is 0.478 e. The number of ether oxygens (including phenoxy) is 1. The highest BCUT2D eigenvalue weighted by molar-refractivity contribution is 7.89. The summed E-state index contributed by atoms with van der Waals surface area (Å²) < 4.78 is 33.0. The Morgan fingerprint density at radius 3 is 2.52 bits per heavy atom. The average Bonchev–Trinajstić information content (AvgIpc) is 2.69. The topological polar surface area (TPSA) is 105 Å². The lowest BCUT2D eigenvalue weighted by Crippen LogP contribution is -2.37. The van der Waals surface area contributed by atoms with Crippen molar-refractivity contribution in [2.24, 2.45) is 0 Å². The zero-order chi connectivity index (χ0) is 22.9. The molecule has 0 saturated heterocycles. The first-order chi connectivity index (χ1) is 14.5. The first kappa shape index (κ1) is 22.8. The number of carbonyl (C=O) groups excluding carboxylic acids is 2. The Kier molecular flexibility index (Phi) is 6.38. The second-order valence-corrected chi connectivity index (χ2v) is 9.76. The molecule has 9 heteroatoms. The molecule has 1 aliphatic heterocycles. The molecule has 1 heterocycles. The summed E-state index contributed by atoms with van der Waals surface area (Å²) >= 11 is 0. The molecule has 0 bridgehead atoms. The highest BCUT2D eigenvalue weighted by Crippen LogP contribution is 2.35. The van der Waals surface area contributed by atoms with Crippen LogP contribution in [-0.4, -0.2) is 44.2 Å². The Bertz CT molecular complexity index is 1140. The summed E-state index contributed by atoms with van der Waals surface area (Å²) in [7, 11) is -2.61. The molecule has 31 heavy (non-hydrogen) atoms. The zero-order valence-electron chi connectivity index (χ0n) is 18.3. The number of hydrogen-bond acceptors (Lipinski definition) is 5. The SMILES string of the molecule is CC[C@@H]1Oc2cc(S(=O)(=O)N(C)CC(=O)Nc3ccc(C)cc3C)c(C)cc2NC1=O. The number of anilines is 2. The van der Waals surface area contributed by atoms with Gasteiger partial charge in [0.2, 0.25) is 15.9 Å². The van der Waals surface area contributed by atoms with Crippen molar-refractivity contribution in [2.45, 2.75) is 45.1 Å². The number of aryl methyl sites for hydroxylation is 3. The van der Waals surface area contributed by atoms with Crippen molar-refractivity contribution >= 4 is 33.2 Å². The maximum Gasteiger partial charge on any atom is 0.265 e. The van der Waals surface area contributed by atoms with Crippen molar-refractivity contribution in [3.05, 3.63) is 47.0 Å². The maximum atomic E-state index is 13.2. The minimum atomic E-state index is -3.97. The number of sulfonamides is 1. The van der Waals surface area contributed by atoms with Gasteiger partial charge in [0.05, 0.1) is 17.1 Å². The van der Waals surface area contributed by atoms with E-state index >= 15 is 0 Å². The van der Waals surface area contributed by atoms with E-state index in [1.165, 1.54) is 13.1 Å². The minimum absolute atomic E-state index is 0.0269. The molecule has 0 fully saturated rings. The van der Waals surface area contributed by atoms with Crippen LogP contribution >= 0.6 is 0 Å². The first-order valence-electron chi connectivity index (χ1n) is 9.98. The van der Waals surface area contributed by atoms with Gasteiger partial charge >= 0.3 is 0 Å². The Morgan fingerprint density at radius 1 is 1.16 bits per heavy atom. The Morgan fingerprint density at radius 2 is 1.87 bits per heavy atom. The van der Waals surface area contributed by atoms with Crippen molar-refractivity contribution in [2.75, 3.05) is 24.2 Å². The second kappa shape index (κ2) is 8.68. The standard InChI is InChI=1S/C22H27N3O5S/c1-6-18-22(27)24-17-10-15(4)20(11-19(17)30-18)31(28,29)25(5)12-21(26)23-16-8-7-13(2)9-14(16)3/h7-11,18H,6,12H2,1-5H3,(H,23,26)(H,24,27)/t18-/m0/s1. The van der Waals surface area contributed by atoms with Crippen LogP contribution in [0.5, 0.6) is 5.75 Å². The highest BCUT2D eigenvalue weighted by Gasteiger charge is 2.31. The summed E-state index contributed by atoms with van der Waals surface area (Å²) in [4.78, 5) is 24.5. The second-order valence-electron chi connectivity index (χ2n) is 7.75. The van der Waals surface area contributed by atoms with Gasteiger partial charge in [-0.15, -0.1) is 0 Å². The third kappa shape index (κ3) is 4.72. The predicted molar refractivity (Wildman–Crippen MR) is 119 cm³/mol. The molecule has 166 valence electrons. The van der Waals surface area contributed by atoms with Crippen molar-refractivity contribution in [1.82, 2.24) is 4.31 Å². The van der Waals surface area contributed by atoms with Crippen LogP contribution in [0.1, 0.15) is 30.0 Å². The molecule has 0 saturated carbocycles. The van der Waals surface area contributed by atoms with Gasteiger partial charge in [-0.3, -0.25) is 9.59 Å². The van der Waals surface area contributed by atoms with Gasteiger partial charge in [0.1, 0.15) is 5.75 Å². The summed E-state index contributed by atoms with van der Waals surface area (Å²) in [6, 6.07) is 8.58. The summed E-state index contributed by atoms with van der Waals surface area (Å²) in [5.41, 5.74) is 3.48. The van der Waals surface area contributed by atoms with Crippen LogP contribution in [0.15, 0.2) is 35.2 Å². The highest BCUT2D eigenvalue weighted by atomic mass is 32.2. The molecule has 8 nitrogen and oxygen atoms in total. The van der Waals surface area contributed by atoms with Crippen LogP contribution in [0.2, 0.25) is 0 Å². The van der Waals surface area contributed by atoms with Gasteiger partial charge in [0, 0.05) is 18.8 Å². The van der Waals surface area contributed by atoms with E-state index in [9.17, 15) is 18.0 Å². The van der Waals surface area contributed by atoms with Gasteiger partial charge in [0.25, 0.3) is 5.91 Å². The maximum absolute atomic E-state index is 13.2. The van der Waals surface area contributed by atoms with Crippen molar-refractivity contribution in [3.8, 4) is 5.75 Å². The fourth-order valence-electron chi connectivity index (χ4n) is 3.43. The van der Waals surface area contributed by atoms with Crippen molar-refractivity contribution < 1.29 is 22.7 Å². The van der Waals surface area contributed by atoms with E-state index in [-0.39, 0.29) is 17.3 Å². The Hall–Kier alpha value is -2.91. The summed E-state index contributed by atoms with van der Waals surface area (Å²) in [5.74, 6) is -0.405. The third-order valence-corrected chi connectivity index (χ3v) is 7.12. The van der Waals surface area contributed by atoms with Crippen LogP contribution in [0.25, 0.3) is 0 Å². The molecule has 0 aliphatic carbocycles. The van der Waals surface area contributed by atoms with E-state index in [2.05, 4.69) is 10.6 Å². The number of hydrogen-bond donors (Lipinski definition) is 2. The van der Waals surface area contributed by atoms with Gasteiger partial charge in [0.15, 0.2) is 6.10 Å². The number of nitrogens with one attached hydrogen (secondary N) is 2. The molecular weight excluding hydrogens is 418 g/mol. The average molecular weight is 446 g/mol. The van der Waals surface area contributed by atoms with Gasteiger partial charge in [-0.1, -0.05) is 24.6 Å². The number of benzene rings is 2. The lowest BCUT2D eigenvalue weighted by molar-refractivity contribution is -0.123. The van der Waals surface area contributed by atoms with Gasteiger partial charge in [-0.25, -0.2) is 8.42 Å². The Labute approximate surface area is 182 Å². The molecule has 2 aromatic carbocycles.